The first-order chi connectivity index (χ1) is 34.5. The number of benzene rings is 6. The van der Waals surface area contributed by atoms with Gasteiger partial charge < -0.3 is 52.1 Å². The molecule has 3 aliphatic heterocycles. The van der Waals surface area contributed by atoms with Crippen molar-refractivity contribution in [3.05, 3.63) is 209 Å². The molecule has 6 aromatic rings. The van der Waals surface area contributed by atoms with Crippen molar-refractivity contribution in [1.82, 2.24) is 0 Å². The first-order valence-electron chi connectivity index (χ1n) is 23.9. The van der Waals surface area contributed by atoms with Gasteiger partial charge in [-0.05, 0) is 41.3 Å². The fraction of sp³-hybridized carbons (Fsp3) is 0.368. The maximum absolute atomic E-state index is 7.38. The molecule has 3 fully saturated rings. The van der Waals surface area contributed by atoms with Crippen molar-refractivity contribution in [1.29, 1.82) is 0 Å². The SMILES string of the molecule is CO[C@H]1O[C@@H]2COC(c3ccccc3)O[C@@H]2[C@H](OC(CI)O[C@H]2[C@@H](OCc3ccccc3)[C@H](OCc3ccccc3)[C@@H](COCc3ccccc3)O[C@@H]2Sc2ccc(C)cc2)[C@H]1OCc1ccccc1. The summed E-state index contributed by atoms with van der Waals surface area (Å²) in [6.07, 6.45) is -7.48. The number of alkyl halides is 1. The van der Waals surface area contributed by atoms with Gasteiger partial charge in [-0.25, -0.2) is 0 Å². The maximum atomic E-state index is 7.38. The van der Waals surface area contributed by atoms with Crippen molar-refractivity contribution in [2.75, 3.05) is 24.8 Å². The molecule has 3 saturated heterocycles. The van der Waals surface area contributed by atoms with Gasteiger partial charge in [-0.3, -0.25) is 0 Å². The summed E-state index contributed by atoms with van der Waals surface area (Å²) in [5.74, 6) is 0. The molecule has 0 N–H and O–H groups in total. The lowest BCUT2D eigenvalue weighted by Crippen LogP contribution is -2.65. The van der Waals surface area contributed by atoms with E-state index in [2.05, 4.69) is 90.2 Å². The van der Waals surface area contributed by atoms with Gasteiger partial charge >= 0.3 is 0 Å². The van der Waals surface area contributed by atoms with E-state index < -0.39 is 73.1 Å². The first-order valence-corrected chi connectivity index (χ1v) is 26.3. The van der Waals surface area contributed by atoms with Gasteiger partial charge in [0.2, 0.25) is 0 Å². The van der Waals surface area contributed by atoms with Gasteiger partial charge in [-0.2, -0.15) is 0 Å². The number of aryl methyl sites for hydroxylation is 1. The molecule has 13 heteroatoms. The molecule has 0 radical (unpaired) electrons. The second kappa shape index (κ2) is 26.1. The van der Waals surface area contributed by atoms with E-state index in [4.69, 9.17) is 52.1 Å². The summed E-state index contributed by atoms with van der Waals surface area (Å²) < 4.78 is 75.4. The summed E-state index contributed by atoms with van der Waals surface area (Å²) in [5, 5.41) is 0. The van der Waals surface area contributed by atoms with Crippen LogP contribution < -0.4 is 0 Å². The van der Waals surface area contributed by atoms with E-state index >= 15 is 0 Å². The Morgan fingerprint density at radius 2 is 1.07 bits per heavy atom. The number of methoxy groups -OCH3 is 1. The molecule has 11 nitrogen and oxygen atoms in total. The molecule has 0 bridgehead atoms. The number of hydrogen-bond acceptors (Lipinski definition) is 12. The van der Waals surface area contributed by atoms with Crippen LogP contribution in [0.2, 0.25) is 0 Å². The smallest absolute Gasteiger partial charge is 0.186 e. The van der Waals surface area contributed by atoms with E-state index in [1.54, 1.807) is 18.9 Å². The van der Waals surface area contributed by atoms with Gasteiger partial charge in [-0.15, -0.1) is 0 Å². The molecule has 0 spiro atoms. The third kappa shape index (κ3) is 13.7. The van der Waals surface area contributed by atoms with Gasteiger partial charge in [0.15, 0.2) is 18.9 Å². The Morgan fingerprint density at radius 3 is 1.63 bits per heavy atom. The molecule has 3 aliphatic rings. The standard InChI is InChI=1S/C57H61IO11S/c1-39-28-30-45(31-29-39)70-57-54(51(62-35-42-22-12-5-13-23-42)49(61-34-41-20-10-4-11-21-41)46(66-57)37-60-33-40-18-8-3-9-19-40)68-48(32-58)67-52-50-47(38-64-55(69-50)44-26-16-7-17-27-44)65-56(59-2)53(52)63-36-43-24-14-6-15-25-43/h3-31,46-57H,32-38H2,1-2H3/t46-,47-,48?,49-,50+,51+,52+,53-,54+,55?,56+,57-/m1/s1. The Hall–Kier alpha value is -4.04. The zero-order valence-electron chi connectivity index (χ0n) is 39.4. The molecule has 3 heterocycles. The lowest BCUT2D eigenvalue weighted by atomic mass is 9.97. The summed E-state index contributed by atoms with van der Waals surface area (Å²) >= 11 is 3.91. The number of rotatable bonds is 22. The monoisotopic (exact) mass is 1080 g/mol. The highest BCUT2D eigenvalue weighted by atomic mass is 127. The Labute approximate surface area is 429 Å². The van der Waals surface area contributed by atoms with E-state index in [9.17, 15) is 0 Å². The second-order valence-corrected chi connectivity index (χ2v) is 19.6. The van der Waals surface area contributed by atoms with E-state index in [0.29, 0.717) is 24.2 Å². The highest BCUT2D eigenvalue weighted by Crippen LogP contribution is 2.41. The zero-order chi connectivity index (χ0) is 47.9. The molecule has 368 valence electrons. The van der Waals surface area contributed by atoms with Crippen molar-refractivity contribution >= 4 is 34.4 Å². The van der Waals surface area contributed by atoms with Gasteiger partial charge in [0.25, 0.3) is 0 Å². The highest BCUT2D eigenvalue weighted by molar-refractivity contribution is 14.1. The molecule has 0 aliphatic carbocycles. The molecule has 9 rings (SSSR count). The van der Waals surface area contributed by atoms with Crippen LogP contribution in [0.3, 0.4) is 0 Å². The van der Waals surface area contributed by atoms with Crippen LogP contribution in [0.25, 0.3) is 0 Å². The summed E-state index contributed by atoms with van der Waals surface area (Å²) in [7, 11) is 1.61. The van der Waals surface area contributed by atoms with Crippen molar-refractivity contribution < 1.29 is 52.1 Å². The van der Waals surface area contributed by atoms with Gasteiger partial charge in [-0.1, -0.05) is 204 Å². The zero-order valence-corrected chi connectivity index (χ0v) is 42.4. The fourth-order valence-corrected chi connectivity index (χ4v) is 10.4. The summed E-state index contributed by atoms with van der Waals surface area (Å²) in [4.78, 5) is 1.01. The van der Waals surface area contributed by atoms with Crippen LogP contribution in [0.5, 0.6) is 0 Å². The van der Waals surface area contributed by atoms with Crippen LogP contribution in [-0.4, -0.2) is 91.6 Å². The number of fused-ring (bicyclic) bond motifs is 1. The molecule has 0 aromatic heterocycles. The molecule has 2 unspecified atom stereocenters. The summed E-state index contributed by atoms with van der Waals surface area (Å²) in [6.45, 7) is 3.89. The van der Waals surface area contributed by atoms with E-state index in [0.717, 1.165) is 38.3 Å². The van der Waals surface area contributed by atoms with Crippen LogP contribution >= 0.6 is 34.4 Å². The van der Waals surface area contributed by atoms with Crippen LogP contribution in [0.4, 0.5) is 0 Å². The minimum absolute atomic E-state index is 0.245. The van der Waals surface area contributed by atoms with Gasteiger partial charge in [0.1, 0.15) is 54.3 Å². The maximum Gasteiger partial charge on any atom is 0.186 e. The third-order valence-corrected chi connectivity index (χ3v) is 14.3. The molecule has 6 aromatic carbocycles. The third-order valence-electron chi connectivity index (χ3n) is 12.4. The van der Waals surface area contributed by atoms with Crippen molar-refractivity contribution in [3.8, 4) is 0 Å². The molecular weight excluding hydrogens is 1020 g/mol. The molecular formula is C57H61IO11S. The molecule has 70 heavy (non-hydrogen) atoms. The minimum atomic E-state index is -0.829. The van der Waals surface area contributed by atoms with Crippen LogP contribution in [0.1, 0.15) is 39.7 Å². The fourth-order valence-electron chi connectivity index (χ4n) is 8.86. The van der Waals surface area contributed by atoms with Gasteiger partial charge in [0.05, 0.1) is 44.1 Å². The van der Waals surface area contributed by atoms with Crippen LogP contribution in [0, 0.1) is 6.92 Å². The van der Waals surface area contributed by atoms with Crippen LogP contribution in [-0.2, 0) is 78.5 Å². The van der Waals surface area contributed by atoms with E-state index in [1.165, 1.54) is 0 Å². The Balaban J connectivity index is 1.07. The van der Waals surface area contributed by atoms with Crippen molar-refractivity contribution in [3.63, 3.8) is 0 Å². The number of thioether (sulfide) groups is 1. The normalized spacial score (nSPS) is 27.1. The summed E-state index contributed by atoms with van der Waals surface area (Å²) in [6, 6.07) is 58.8. The Kier molecular flexibility index (Phi) is 19.0. The Morgan fingerprint density at radius 1 is 0.557 bits per heavy atom. The van der Waals surface area contributed by atoms with E-state index in [1.807, 2.05) is 115 Å². The van der Waals surface area contributed by atoms with Crippen LogP contribution in [0.15, 0.2) is 181 Å². The lowest BCUT2D eigenvalue weighted by Gasteiger charge is -2.50. The number of hydrogen-bond donors (Lipinski definition) is 0. The highest BCUT2D eigenvalue weighted by Gasteiger charge is 2.54. The molecule has 0 amide bonds. The quantitative estimate of drug-likeness (QED) is 0.0368. The molecule has 0 saturated carbocycles. The van der Waals surface area contributed by atoms with Crippen molar-refractivity contribution in [2.45, 2.75) is 111 Å². The minimum Gasteiger partial charge on any atom is -0.374 e. The molecule has 12 atom stereocenters. The first kappa shape index (κ1) is 50.9. The largest absolute Gasteiger partial charge is 0.374 e. The van der Waals surface area contributed by atoms with E-state index in [-0.39, 0.29) is 19.8 Å². The second-order valence-electron chi connectivity index (χ2n) is 17.5. The average Bonchev–Trinajstić information content (AvgIpc) is 3.41. The summed E-state index contributed by atoms with van der Waals surface area (Å²) in [5.41, 5.74) is 5.53. The van der Waals surface area contributed by atoms with Gasteiger partial charge in [0, 0.05) is 17.6 Å². The predicted octanol–water partition coefficient (Wildman–Crippen LogP) is 10.8. The lowest BCUT2D eigenvalue weighted by molar-refractivity contribution is -0.383. The number of halogens is 1. The topological polar surface area (TPSA) is 102 Å². The number of ether oxygens (including phenoxy) is 11. The predicted molar refractivity (Wildman–Crippen MR) is 275 cm³/mol. The average molecular weight is 1080 g/mol. The van der Waals surface area contributed by atoms with Crippen molar-refractivity contribution in [2.24, 2.45) is 0 Å². The Bertz CT molecular complexity index is 2400.